The van der Waals surface area contributed by atoms with Crippen molar-refractivity contribution < 1.29 is 4.74 Å². The van der Waals surface area contributed by atoms with Crippen molar-refractivity contribution in [2.75, 3.05) is 6.61 Å². The number of aromatic nitrogens is 2. The SMILES string of the molecule is [c]1cnnc2c1OCCC2. The molecule has 0 aliphatic carbocycles. The summed E-state index contributed by atoms with van der Waals surface area (Å²) >= 11 is 0. The largest absolute Gasteiger partial charge is 0.491 e. The number of aryl methyl sites for hydroxylation is 1. The molecule has 0 spiro atoms. The second-order valence-electron chi connectivity index (χ2n) is 2.22. The van der Waals surface area contributed by atoms with Crippen LogP contribution in [0.3, 0.4) is 0 Å². The lowest BCUT2D eigenvalue weighted by atomic mass is 10.2. The quantitative estimate of drug-likeness (QED) is 0.522. The predicted octanol–water partition coefficient (Wildman–Crippen LogP) is 0.602. The van der Waals surface area contributed by atoms with Gasteiger partial charge in [-0.25, -0.2) is 0 Å². The molecule has 1 aromatic heterocycles. The molecule has 0 bridgehead atoms. The summed E-state index contributed by atoms with van der Waals surface area (Å²) in [6, 6.07) is 2.89. The zero-order chi connectivity index (χ0) is 6.81. The molecule has 1 radical (unpaired) electrons. The summed E-state index contributed by atoms with van der Waals surface area (Å²) in [7, 11) is 0. The molecular formula is C7H7N2O. The first-order valence-electron chi connectivity index (χ1n) is 3.32. The van der Waals surface area contributed by atoms with E-state index >= 15 is 0 Å². The smallest absolute Gasteiger partial charge is 0.152 e. The molecule has 0 saturated carbocycles. The Kier molecular flexibility index (Phi) is 1.27. The van der Waals surface area contributed by atoms with Crippen LogP contribution in [-0.2, 0) is 6.42 Å². The van der Waals surface area contributed by atoms with Gasteiger partial charge in [-0.2, -0.15) is 10.2 Å². The summed E-state index contributed by atoms with van der Waals surface area (Å²) in [5.74, 6) is 0.779. The van der Waals surface area contributed by atoms with E-state index in [0.717, 1.165) is 30.9 Å². The van der Waals surface area contributed by atoms with Crippen LogP contribution in [0, 0.1) is 6.07 Å². The van der Waals surface area contributed by atoms with Crippen molar-refractivity contribution in [3.8, 4) is 5.75 Å². The number of nitrogens with zero attached hydrogens (tertiary/aromatic N) is 2. The molecule has 3 heteroatoms. The maximum atomic E-state index is 5.27. The fourth-order valence-corrected chi connectivity index (χ4v) is 1.02. The minimum absolute atomic E-state index is 0.779. The van der Waals surface area contributed by atoms with Gasteiger partial charge in [0.05, 0.1) is 18.9 Å². The van der Waals surface area contributed by atoms with E-state index in [1.807, 2.05) is 0 Å². The van der Waals surface area contributed by atoms with Crippen LogP contribution in [0.2, 0.25) is 0 Å². The fraction of sp³-hybridized carbons (Fsp3) is 0.429. The normalized spacial score (nSPS) is 15.6. The second kappa shape index (κ2) is 2.25. The van der Waals surface area contributed by atoms with Crippen molar-refractivity contribution in [3.63, 3.8) is 0 Å². The molecule has 0 N–H and O–H groups in total. The molecule has 2 heterocycles. The topological polar surface area (TPSA) is 35.0 Å². The Hall–Kier alpha value is -1.12. The van der Waals surface area contributed by atoms with Gasteiger partial charge in [-0.15, -0.1) is 0 Å². The minimum Gasteiger partial charge on any atom is -0.491 e. The van der Waals surface area contributed by atoms with Crippen LogP contribution in [0.4, 0.5) is 0 Å². The van der Waals surface area contributed by atoms with E-state index in [9.17, 15) is 0 Å². The number of hydrogen-bond donors (Lipinski definition) is 0. The molecule has 2 rings (SSSR count). The van der Waals surface area contributed by atoms with E-state index in [2.05, 4.69) is 16.3 Å². The molecule has 3 nitrogen and oxygen atoms in total. The molecule has 0 unspecified atom stereocenters. The Morgan fingerprint density at radius 2 is 2.60 bits per heavy atom. The van der Waals surface area contributed by atoms with Gasteiger partial charge in [0.1, 0.15) is 5.69 Å². The molecular weight excluding hydrogens is 128 g/mol. The summed E-state index contributed by atoms with van der Waals surface area (Å²) < 4.78 is 5.27. The molecule has 1 aliphatic rings. The van der Waals surface area contributed by atoms with Gasteiger partial charge >= 0.3 is 0 Å². The average Bonchev–Trinajstić information content (AvgIpc) is 2.05. The maximum absolute atomic E-state index is 5.27. The molecule has 0 aromatic carbocycles. The van der Waals surface area contributed by atoms with Gasteiger partial charge in [0.2, 0.25) is 0 Å². The van der Waals surface area contributed by atoms with Gasteiger partial charge in [-0.05, 0) is 12.8 Å². The lowest BCUT2D eigenvalue weighted by Crippen LogP contribution is -2.10. The minimum atomic E-state index is 0.779. The highest BCUT2D eigenvalue weighted by Gasteiger charge is 2.10. The third kappa shape index (κ3) is 0.835. The van der Waals surface area contributed by atoms with Gasteiger partial charge in [0.15, 0.2) is 5.75 Å². The maximum Gasteiger partial charge on any atom is 0.152 e. The van der Waals surface area contributed by atoms with Gasteiger partial charge in [-0.1, -0.05) is 0 Å². The van der Waals surface area contributed by atoms with E-state index in [4.69, 9.17) is 4.74 Å². The third-order valence-corrected chi connectivity index (χ3v) is 1.50. The average molecular weight is 135 g/mol. The van der Waals surface area contributed by atoms with Crippen molar-refractivity contribution in [2.45, 2.75) is 12.8 Å². The monoisotopic (exact) mass is 135 g/mol. The molecule has 0 fully saturated rings. The third-order valence-electron chi connectivity index (χ3n) is 1.50. The summed E-state index contributed by atoms with van der Waals surface area (Å²) in [5.41, 5.74) is 0.939. The lowest BCUT2D eigenvalue weighted by Gasteiger charge is -2.13. The highest BCUT2D eigenvalue weighted by atomic mass is 16.5. The Morgan fingerprint density at radius 3 is 3.50 bits per heavy atom. The van der Waals surface area contributed by atoms with E-state index in [1.54, 1.807) is 0 Å². The van der Waals surface area contributed by atoms with Gasteiger partial charge in [0.25, 0.3) is 0 Å². The Balaban J connectivity index is 2.41. The zero-order valence-corrected chi connectivity index (χ0v) is 5.50. The standard InChI is InChI=1S/C7H7N2O/c1-2-6-7(10-5-1)3-4-8-9-6/h4H,1-2,5H2. The van der Waals surface area contributed by atoms with E-state index < -0.39 is 0 Å². The second-order valence-corrected chi connectivity index (χ2v) is 2.22. The molecule has 1 aromatic rings. The number of ether oxygens (including phenoxy) is 1. The first-order valence-corrected chi connectivity index (χ1v) is 3.32. The fourth-order valence-electron chi connectivity index (χ4n) is 1.02. The molecule has 0 amide bonds. The van der Waals surface area contributed by atoms with Crippen molar-refractivity contribution >= 4 is 0 Å². The number of hydrogen-bond acceptors (Lipinski definition) is 3. The molecule has 0 atom stereocenters. The van der Waals surface area contributed by atoms with Crippen LogP contribution < -0.4 is 4.74 Å². The van der Waals surface area contributed by atoms with Gasteiger partial charge in [0, 0.05) is 0 Å². The highest BCUT2D eigenvalue weighted by Crippen LogP contribution is 2.19. The summed E-state index contributed by atoms with van der Waals surface area (Å²) in [6.07, 6.45) is 3.54. The Labute approximate surface area is 59.0 Å². The van der Waals surface area contributed by atoms with E-state index in [0.29, 0.717) is 0 Å². The predicted molar refractivity (Wildman–Crippen MR) is 34.7 cm³/mol. The van der Waals surface area contributed by atoms with Crippen molar-refractivity contribution in [3.05, 3.63) is 18.0 Å². The van der Waals surface area contributed by atoms with Crippen molar-refractivity contribution in [1.29, 1.82) is 0 Å². The van der Waals surface area contributed by atoms with Crippen LogP contribution in [-0.4, -0.2) is 16.8 Å². The number of fused-ring (bicyclic) bond motifs is 1. The van der Waals surface area contributed by atoms with E-state index in [-0.39, 0.29) is 0 Å². The van der Waals surface area contributed by atoms with E-state index in [1.165, 1.54) is 6.20 Å². The number of rotatable bonds is 0. The Bertz CT molecular complexity index is 212. The summed E-state index contributed by atoms with van der Waals surface area (Å²) in [4.78, 5) is 0. The summed E-state index contributed by atoms with van der Waals surface area (Å²) in [5, 5.41) is 7.63. The lowest BCUT2D eigenvalue weighted by molar-refractivity contribution is 0.282. The summed E-state index contributed by atoms with van der Waals surface area (Å²) in [6.45, 7) is 0.787. The molecule has 51 valence electrons. The van der Waals surface area contributed by atoms with Crippen LogP contribution in [0.15, 0.2) is 6.20 Å². The Morgan fingerprint density at radius 1 is 1.60 bits per heavy atom. The van der Waals surface area contributed by atoms with Gasteiger partial charge < -0.3 is 4.74 Å². The first-order chi connectivity index (χ1) is 4.97. The molecule has 1 aliphatic heterocycles. The van der Waals surface area contributed by atoms with Crippen LogP contribution in [0.1, 0.15) is 12.1 Å². The zero-order valence-electron chi connectivity index (χ0n) is 5.50. The van der Waals surface area contributed by atoms with Gasteiger partial charge in [-0.3, -0.25) is 0 Å². The van der Waals surface area contributed by atoms with Crippen LogP contribution >= 0.6 is 0 Å². The first kappa shape index (κ1) is 5.65. The van der Waals surface area contributed by atoms with Crippen LogP contribution in [0.25, 0.3) is 0 Å². The molecule has 0 saturated heterocycles. The van der Waals surface area contributed by atoms with Crippen molar-refractivity contribution in [2.24, 2.45) is 0 Å². The van der Waals surface area contributed by atoms with Crippen molar-refractivity contribution in [1.82, 2.24) is 10.2 Å². The van der Waals surface area contributed by atoms with Crippen LogP contribution in [0.5, 0.6) is 5.75 Å². The highest BCUT2D eigenvalue weighted by molar-refractivity contribution is 5.24. The molecule has 10 heavy (non-hydrogen) atoms.